The highest BCUT2D eigenvalue weighted by atomic mass is 16.1. The maximum atomic E-state index is 10.7. The lowest BCUT2D eigenvalue weighted by atomic mass is 10.0. The van der Waals surface area contributed by atoms with Gasteiger partial charge in [-0.15, -0.1) is 0 Å². The van der Waals surface area contributed by atoms with E-state index in [0.29, 0.717) is 12.3 Å². The molecule has 0 saturated heterocycles. The summed E-state index contributed by atoms with van der Waals surface area (Å²) in [6.45, 7) is 1.76. The Morgan fingerprint density at radius 1 is 1.33 bits per heavy atom. The normalized spacial score (nSPS) is 10.2. The summed E-state index contributed by atoms with van der Waals surface area (Å²) in [5.41, 5.74) is 6.23. The van der Waals surface area contributed by atoms with Crippen molar-refractivity contribution < 1.29 is 4.79 Å². The maximum absolute atomic E-state index is 10.7. The minimum Gasteiger partial charge on any atom is -0.369 e. The standard InChI is InChI=1S/C10H12NO/c1-8(10(11)12)7-9-5-3-2-4-6-9/h2-6H,7H2,1H3,(H2,11,12). The molecule has 2 heteroatoms. The monoisotopic (exact) mass is 162 g/mol. The topological polar surface area (TPSA) is 43.1 Å². The minimum absolute atomic E-state index is 0.321. The first-order chi connectivity index (χ1) is 5.70. The first-order valence-electron chi connectivity index (χ1n) is 3.86. The number of amides is 1. The summed E-state index contributed by atoms with van der Waals surface area (Å²) in [5.74, 6) is 0.375. The van der Waals surface area contributed by atoms with E-state index in [9.17, 15) is 4.79 Å². The summed E-state index contributed by atoms with van der Waals surface area (Å²) in [6, 6.07) is 9.80. The summed E-state index contributed by atoms with van der Waals surface area (Å²) in [7, 11) is 0. The molecule has 0 aliphatic carbocycles. The highest BCUT2D eigenvalue weighted by Crippen LogP contribution is 2.08. The molecule has 0 atom stereocenters. The molecule has 0 aliphatic rings. The summed E-state index contributed by atoms with van der Waals surface area (Å²) >= 11 is 0. The molecule has 63 valence electrons. The second-order valence-electron chi connectivity index (χ2n) is 2.81. The van der Waals surface area contributed by atoms with Gasteiger partial charge in [-0.05, 0) is 18.9 Å². The lowest BCUT2D eigenvalue weighted by Crippen LogP contribution is -2.20. The van der Waals surface area contributed by atoms with Gasteiger partial charge in [0.1, 0.15) is 0 Å². The van der Waals surface area contributed by atoms with E-state index in [-0.39, 0.29) is 5.91 Å². The van der Waals surface area contributed by atoms with Crippen molar-refractivity contribution in [3.8, 4) is 0 Å². The third kappa shape index (κ3) is 2.38. The van der Waals surface area contributed by atoms with Crippen LogP contribution in [0.15, 0.2) is 30.3 Å². The Bertz CT molecular complexity index is 256. The van der Waals surface area contributed by atoms with Crippen LogP contribution in [0.2, 0.25) is 0 Å². The predicted molar refractivity (Wildman–Crippen MR) is 48.3 cm³/mol. The zero-order valence-electron chi connectivity index (χ0n) is 7.08. The molecule has 2 N–H and O–H groups in total. The van der Waals surface area contributed by atoms with E-state index in [4.69, 9.17) is 5.73 Å². The highest BCUT2D eigenvalue weighted by molar-refractivity contribution is 5.88. The van der Waals surface area contributed by atoms with E-state index in [1.54, 1.807) is 6.92 Å². The average molecular weight is 162 g/mol. The van der Waals surface area contributed by atoms with Gasteiger partial charge in [0.25, 0.3) is 0 Å². The van der Waals surface area contributed by atoms with Gasteiger partial charge in [-0.2, -0.15) is 0 Å². The first-order valence-corrected chi connectivity index (χ1v) is 3.86. The van der Waals surface area contributed by atoms with Crippen LogP contribution in [0.4, 0.5) is 0 Å². The molecular formula is C10H12NO. The van der Waals surface area contributed by atoms with Gasteiger partial charge in [0.05, 0.1) is 5.92 Å². The number of carbonyl (C=O) groups excluding carboxylic acids is 1. The van der Waals surface area contributed by atoms with E-state index in [0.717, 1.165) is 5.56 Å². The number of nitrogens with two attached hydrogens (primary N) is 1. The second kappa shape index (κ2) is 3.90. The van der Waals surface area contributed by atoms with Crippen molar-refractivity contribution in [2.24, 2.45) is 5.73 Å². The molecule has 1 aromatic carbocycles. The summed E-state index contributed by atoms with van der Waals surface area (Å²) in [6.07, 6.45) is 0.649. The molecule has 0 bridgehead atoms. The predicted octanol–water partition coefficient (Wildman–Crippen LogP) is 1.31. The maximum Gasteiger partial charge on any atom is 0.224 e. The van der Waals surface area contributed by atoms with Gasteiger partial charge in [-0.1, -0.05) is 30.3 Å². The molecule has 2 nitrogen and oxygen atoms in total. The molecule has 1 amide bonds. The van der Waals surface area contributed by atoms with Gasteiger partial charge in [0, 0.05) is 0 Å². The Morgan fingerprint density at radius 3 is 2.42 bits per heavy atom. The number of benzene rings is 1. The molecular weight excluding hydrogens is 150 g/mol. The summed E-state index contributed by atoms with van der Waals surface area (Å²) in [4.78, 5) is 10.7. The van der Waals surface area contributed by atoms with E-state index in [1.165, 1.54) is 0 Å². The van der Waals surface area contributed by atoms with Crippen LogP contribution in [-0.2, 0) is 11.2 Å². The van der Waals surface area contributed by atoms with Crippen molar-refractivity contribution in [3.63, 3.8) is 0 Å². The van der Waals surface area contributed by atoms with Crippen LogP contribution < -0.4 is 5.73 Å². The average Bonchev–Trinajstić information content (AvgIpc) is 2.06. The number of rotatable bonds is 3. The Morgan fingerprint density at radius 2 is 1.92 bits per heavy atom. The van der Waals surface area contributed by atoms with E-state index >= 15 is 0 Å². The fourth-order valence-electron chi connectivity index (χ4n) is 0.989. The second-order valence-corrected chi connectivity index (χ2v) is 2.81. The Balaban J connectivity index is 2.58. The molecule has 0 aliphatic heterocycles. The van der Waals surface area contributed by atoms with Crippen LogP contribution in [0.1, 0.15) is 12.5 Å². The molecule has 0 aromatic heterocycles. The van der Waals surface area contributed by atoms with E-state index in [1.807, 2.05) is 30.3 Å². The SMILES string of the molecule is C[C](Cc1ccccc1)C(N)=O. The van der Waals surface area contributed by atoms with Gasteiger partial charge in [0.15, 0.2) is 0 Å². The largest absolute Gasteiger partial charge is 0.369 e. The fourth-order valence-corrected chi connectivity index (χ4v) is 0.989. The van der Waals surface area contributed by atoms with E-state index < -0.39 is 0 Å². The number of primary amides is 1. The van der Waals surface area contributed by atoms with Crippen LogP contribution in [0, 0.1) is 5.92 Å². The summed E-state index contributed by atoms with van der Waals surface area (Å²) in [5, 5.41) is 0. The van der Waals surface area contributed by atoms with Crippen molar-refractivity contribution in [3.05, 3.63) is 41.8 Å². The smallest absolute Gasteiger partial charge is 0.224 e. The molecule has 12 heavy (non-hydrogen) atoms. The van der Waals surface area contributed by atoms with Crippen LogP contribution in [-0.4, -0.2) is 5.91 Å². The van der Waals surface area contributed by atoms with Gasteiger partial charge < -0.3 is 5.73 Å². The van der Waals surface area contributed by atoms with Crippen LogP contribution in [0.3, 0.4) is 0 Å². The van der Waals surface area contributed by atoms with Gasteiger partial charge >= 0.3 is 0 Å². The molecule has 1 radical (unpaired) electrons. The molecule has 0 heterocycles. The van der Waals surface area contributed by atoms with E-state index in [2.05, 4.69) is 0 Å². The molecule has 0 unspecified atom stereocenters. The van der Waals surface area contributed by atoms with Crippen molar-refractivity contribution in [1.82, 2.24) is 0 Å². The first kappa shape index (κ1) is 8.78. The van der Waals surface area contributed by atoms with Crippen molar-refractivity contribution in [2.75, 3.05) is 0 Å². The molecule has 0 saturated carbocycles. The quantitative estimate of drug-likeness (QED) is 0.715. The summed E-state index contributed by atoms with van der Waals surface area (Å²) < 4.78 is 0. The van der Waals surface area contributed by atoms with Crippen molar-refractivity contribution >= 4 is 5.91 Å². The van der Waals surface area contributed by atoms with Crippen LogP contribution >= 0.6 is 0 Å². The lowest BCUT2D eigenvalue weighted by molar-refractivity contribution is -0.116. The minimum atomic E-state index is -0.321. The molecule has 0 spiro atoms. The van der Waals surface area contributed by atoms with Gasteiger partial charge in [-0.3, -0.25) is 4.79 Å². The Labute approximate surface area is 72.4 Å². The number of hydrogen-bond donors (Lipinski definition) is 1. The zero-order valence-corrected chi connectivity index (χ0v) is 7.08. The zero-order chi connectivity index (χ0) is 8.97. The molecule has 1 rings (SSSR count). The van der Waals surface area contributed by atoms with Crippen LogP contribution in [0.5, 0.6) is 0 Å². The van der Waals surface area contributed by atoms with Crippen molar-refractivity contribution in [1.29, 1.82) is 0 Å². The molecule has 1 aromatic rings. The number of hydrogen-bond acceptors (Lipinski definition) is 1. The highest BCUT2D eigenvalue weighted by Gasteiger charge is 2.09. The Hall–Kier alpha value is -1.31. The van der Waals surface area contributed by atoms with Crippen LogP contribution in [0.25, 0.3) is 0 Å². The number of carbonyl (C=O) groups is 1. The van der Waals surface area contributed by atoms with Gasteiger partial charge in [0.2, 0.25) is 5.91 Å². The Kier molecular flexibility index (Phi) is 2.86. The molecule has 0 fully saturated rings. The lowest BCUT2D eigenvalue weighted by Gasteiger charge is -2.04. The van der Waals surface area contributed by atoms with Crippen molar-refractivity contribution in [2.45, 2.75) is 13.3 Å². The third-order valence-electron chi connectivity index (χ3n) is 1.73. The fraction of sp³-hybridized carbons (Fsp3) is 0.200. The van der Waals surface area contributed by atoms with Gasteiger partial charge in [-0.25, -0.2) is 0 Å². The third-order valence-corrected chi connectivity index (χ3v) is 1.73.